The highest BCUT2D eigenvalue weighted by Crippen LogP contribution is 2.43. The predicted molar refractivity (Wildman–Crippen MR) is 113 cm³/mol. The van der Waals surface area contributed by atoms with E-state index >= 15 is 0 Å². The van der Waals surface area contributed by atoms with Crippen LogP contribution in [-0.4, -0.2) is 18.0 Å². The zero-order valence-corrected chi connectivity index (χ0v) is 17.0. The van der Waals surface area contributed by atoms with E-state index in [1.807, 2.05) is 61.5 Å². The average Bonchev–Trinajstić information content (AvgIpc) is 3.14. The summed E-state index contributed by atoms with van der Waals surface area (Å²) in [5, 5.41) is 0. The lowest BCUT2D eigenvalue weighted by atomic mass is 10.1. The molecule has 0 unspecified atom stereocenters. The Morgan fingerprint density at radius 1 is 1.14 bits per heavy atom. The second-order valence-corrected chi connectivity index (χ2v) is 8.93. The van der Waals surface area contributed by atoms with Crippen LogP contribution < -0.4 is 8.96 Å². The van der Waals surface area contributed by atoms with Gasteiger partial charge in [-0.1, -0.05) is 65.1 Å². The highest BCUT2D eigenvalue weighted by molar-refractivity contribution is 7.28. The number of para-hydroxylation sites is 2. The SMILES string of the molecule is C[C@H]1O[C@@H]2C(=Nc3ccccc3N2C(=O)OCc2ccccc2)c2sc(=O)sc21. The maximum absolute atomic E-state index is 13.1. The zero-order valence-electron chi connectivity index (χ0n) is 15.4. The summed E-state index contributed by atoms with van der Waals surface area (Å²) >= 11 is 2.33. The number of anilines is 1. The van der Waals surface area contributed by atoms with Gasteiger partial charge in [0.2, 0.25) is 0 Å². The molecule has 2 aliphatic rings. The zero-order chi connectivity index (χ0) is 20.0. The predicted octanol–water partition coefficient (Wildman–Crippen LogP) is 4.86. The number of hydrogen-bond donors (Lipinski definition) is 0. The number of rotatable bonds is 2. The molecule has 0 saturated carbocycles. The van der Waals surface area contributed by atoms with Gasteiger partial charge in [0.1, 0.15) is 12.3 Å². The van der Waals surface area contributed by atoms with Crippen LogP contribution in [0.1, 0.15) is 28.3 Å². The lowest BCUT2D eigenvalue weighted by molar-refractivity contribution is 0.0262. The van der Waals surface area contributed by atoms with Crippen LogP contribution in [0.25, 0.3) is 0 Å². The fraction of sp³-hybridized carbons (Fsp3) is 0.190. The smallest absolute Gasteiger partial charge is 0.417 e. The van der Waals surface area contributed by atoms with Crippen LogP contribution in [0.5, 0.6) is 0 Å². The second-order valence-electron chi connectivity index (χ2n) is 6.67. The molecule has 2 aromatic carbocycles. The minimum atomic E-state index is -0.735. The Labute approximate surface area is 174 Å². The van der Waals surface area contributed by atoms with E-state index in [0.717, 1.165) is 26.7 Å². The molecule has 0 aliphatic carbocycles. The van der Waals surface area contributed by atoms with E-state index in [-0.39, 0.29) is 16.8 Å². The van der Waals surface area contributed by atoms with E-state index < -0.39 is 12.3 Å². The monoisotopic (exact) mass is 424 g/mol. The molecule has 3 aromatic rings. The van der Waals surface area contributed by atoms with Gasteiger partial charge in [-0.25, -0.2) is 14.7 Å². The van der Waals surface area contributed by atoms with E-state index in [4.69, 9.17) is 14.5 Å². The molecule has 2 atom stereocenters. The molecule has 8 heteroatoms. The van der Waals surface area contributed by atoms with Gasteiger partial charge in [0.25, 0.3) is 4.06 Å². The van der Waals surface area contributed by atoms with Gasteiger partial charge < -0.3 is 9.47 Å². The molecule has 6 nitrogen and oxygen atoms in total. The summed E-state index contributed by atoms with van der Waals surface area (Å²) in [5.74, 6) is 0. The first-order valence-corrected chi connectivity index (χ1v) is 10.7. The van der Waals surface area contributed by atoms with Crippen LogP contribution in [0, 0.1) is 0 Å². The van der Waals surface area contributed by atoms with Gasteiger partial charge in [-0.05, 0) is 24.6 Å². The number of hydrogen-bond acceptors (Lipinski definition) is 7. The van der Waals surface area contributed by atoms with Gasteiger partial charge in [0.15, 0.2) is 6.23 Å². The van der Waals surface area contributed by atoms with Gasteiger partial charge in [-0.2, -0.15) is 0 Å². The summed E-state index contributed by atoms with van der Waals surface area (Å²) in [6.07, 6.45) is -1.56. The summed E-state index contributed by atoms with van der Waals surface area (Å²) in [6.45, 7) is 2.04. The number of carbonyl (C=O) groups excluding carboxylic acids is 1. The van der Waals surface area contributed by atoms with Crippen molar-refractivity contribution < 1.29 is 14.3 Å². The summed E-state index contributed by atoms with van der Waals surface area (Å²) in [4.78, 5) is 33.0. The number of carbonyl (C=O) groups is 1. The van der Waals surface area contributed by atoms with E-state index in [0.29, 0.717) is 17.1 Å². The quantitative estimate of drug-likeness (QED) is 0.589. The minimum Gasteiger partial charge on any atom is -0.444 e. The van der Waals surface area contributed by atoms with Crippen molar-refractivity contribution in [3.8, 4) is 0 Å². The maximum atomic E-state index is 13.1. The molecule has 0 bridgehead atoms. The van der Waals surface area contributed by atoms with Crippen molar-refractivity contribution in [2.24, 2.45) is 4.99 Å². The van der Waals surface area contributed by atoms with Gasteiger partial charge in [0, 0.05) is 0 Å². The van der Waals surface area contributed by atoms with E-state index in [9.17, 15) is 9.59 Å². The Morgan fingerprint density at radius 2 is 1.90 bits per heavy atom. The first-order valence-electron chi connectivity index (χ1n) is 9.09. The molecular weight excluding hydrogens is 408 g/mol. The molecule has 2 aliphatic heterocycles. The Bertz CT molecular complexity index is 1170. The number of ether oxygens (including phenoxy) is 2. The molecule has 146 valence electrons. The fourth-order valence-electron chi connectivity index (χ4n) is 3.46. The van der Waals surface area contributed by atoms with Crippen molar-refractivity contribution in [1.29, 1.82) is 0 Å². The molecular formula is C21H16N2O4S2. The molecule has 0 radical (unpaired) electrons. The Balaban J connectivity index is 1.54. The van der Waals surface area contributed by atoms with Crippen LogP contribution >= 0.6 is 22.7 Å². The van der Waals surface area contributed by atoms with Crippen LogP contribution in [0.3, 0.4) is 0 Å². The minimum absolute atomic E-state index is 0.00846. The number of aliphatic imine (C=N–C) groups is 1. The third kappa shape index (κ3) is 3.19. The maximum Gasteiger partial charge on any atom is 0.417 e. The van der Waals surface area contributed by atoms with Gasteiger partial charge in [-0.15, -0.1) is 0 Å². The Kier molecular flexibility index (Phi) is 4.54. The standard InChI is InChI=1S/C21H16N2O4S2/c1-12-17-18(29-21(25)28-17)16-19(27-12)23(15-10-6-5-9-14(15)22-16)20(24)26-11-13-7-3-2-4-8-13/h2-10,12,19H,11H2,1H3/t12-,19-/m1/s1. The lowest BCUT2D eigenvalue weighted by Gasteiger charge is -2.39. The fourth-order valence-corrected chi connectivity index (χ4v) is 5.68. The molecule has 5 rings (SSSR count). The van der Waals surface area contributed by atoms with Crippen LogP contribution in [0.2, 0.25) is 0 Å². The normalized spacial score (nSPS) is 19.6. The summed E-state index contributed by atoms with van der Waals surface area (Å²) in [7, 11) is 0. The summed E-state index contributed by atoms with van der Waals surface area (Å²) in [5.41, 5.74) is 2.75. The van der Waals surface area contributed by atoms with Crippen molar-refractivity contribution >= 4 is 45.9 Å². The number of amides is 1. The number of fused-ring (bicyclic) bond motifs is 4. The largest absolute Gasteiger partial charge is 0.444 e. The Hall–Kier alpha value is -2.81. The molecule has 1 amide bonds. The Morgan fingerprint density at radius 3 is 2.72 bits per heavy atom. The van der Waals surface area contributed by atoms with E-state index in [1.54, 1.807) is 0 Å². The van der Waals surface area contributed by atoms with Crippen LogP contribution in [-0.2, 0) is 16.1 Å². The lowest BCUT2D eigenvalue weighted by Crippen LogP contribution is -2.51. The molecule has 0 fully saturated rings. The summed E-state index contributed by atoms with van der Waals surface area (Å²) in [6, 6.07) is 16.9. The molecule has 0 N–H and O–H groups in total. The highest BCUT2D eigenvalue weighted by atomic mass is 32.2. The van der Waals surface area contributed by atoms with E-state index in [2.05, 4.69) is 0 Å². The second kappa shape index (κ2) is 7.22. The molecule has 3 heterocycles. The molecule has 1 aromatic heterocycles. The van der Waals surface area contributed by atoms with Crippen LogP contribution in [0.4, 0.5) is 16.2 Å². The average molecular weight is 425 g/mol. The van der Waals surface area contributed by atoms with Crippen molar-refractivity contribution in [3.63, 3.8) is 0 Å². The first-order chi connectivity index (χ1) is 14.1. The van der Waals surface area contributed by atoms with Gasteiger partial charge in [0.05, 0.1) is 27.2 Å². The number of nitrogens with zero attached hydrogens (tertiary/aromatic N) is 2. The third-order valence-electron chi connectivity index (χ3n) is 4.79. The van der Waals surface area contributed by atoms with Crippen LogP contribution in [0.15, 0.2) is 64.4 Å². The highest BCUT2D eigenvalue weighted by Gasteiger charge is 2.43. The molecule has 29 heavy (non-hydrogen) atoms. The topological polar surface area (TPSA) is 68.2 Å². The summed E-state index contributed by atoms with van der Waals surface area (Å²) < 4.78 is 11.7. The molecule has 0 spiro atoms. The van der Waals surface area contributed by atoms with Crippen molar-refractivity contribution in [2.45, 2.75) is 25.9 Å². The van der Waals surface area contributed by atoms with Crippen molar-refractivity contribution in [3.05, 3.63) is 78.8 Å². The van der Waals surface area contributed by atoms with Gasteiger partial charge in [-0.3, -0.25) is 4.79 Å². The van der Waals surface area contributed by atoms with Gasteiger partial charge >= 0.3 is 6.09 Å². The van der Waals surface area contributed by atoms with Crippen molar-refractivity contribution in [1.82, 2.24) is 0 Å². The van der Waals surface area contributed by atoms with E-state index in [1.165, 1.54) is 16.2 Å². The molecule has 0 saturated heterocycles. The third-order valence-corrected chi connectivity index (χ3v) is 7.14. The first kappa shape index (κ1) is 18.2. The van der Waals surface area contributed by atoms with Crippen molar-refractivity contribution in [2.75, 3.05) is 4.90 Å². The number of benzene rings is 2.